The normalized spacial score (nSPS) is 16.4. The molecule has 0 radical (unpaired) electrons. The molecule has 1 heterocycles. The predicted octanol–water partition coefficient (Wildman–Crippen LogP) is 5.42. The number of hydrogen-bond acceptors (Lipinski definition) is 4. The van der Waals surface area contributed by atoms with Crippen molar-refractivity contribution in [3.8, 4) is 0 Å². The molecule has 3 rings (SSSR count). The van der Waals surface area contributed by atoms with Crippen LogP contribution < -0.4 is 5.32 Å². The van der Waals surface area contributed by atoms with Gasteiger partial charge in [0.2, 0.25) is 0 Å². The van der Waals surface area contributed by atoms with E-state index in [4.69, 9.17) is 39.5 Å². The summed E-state index contributed by atoms with van der Waals surface area (Å²) in [6.07, 6.45) is 3.54. The van der Waals surface area contributed by atoms with Gasteiger partial charge in [-0.25, -0.2) is 4.98 Å². The topological polar surface area (TPSA) is 68.3 Å². The van der Waals surface area contributed by atoms with E-state index in [2.05, 4.69) is 10.3 Å². The number of hydrogen-bond donors (Lipinski definition) is 1. The number of carbonyl (C=O) groups excluding carboxylic acids is 2. The Bertz CT molecular complexity index is 881. The number of halogens is 3. The maximum Gasteiger partial charge on any atom is 0.317 e. The Kier molecular flexibility index (Phi) is 6.48. The number of rotatable bonds is 5. The molecule has 1 fully saturated rings. The van der Waals surface area contributed by atoms with Crippen molar-refractivity contribution >= 4 is 52.5 Å². The maximum atomic E-state index is 13.0. The van der Waals surface area contributed by atoms with Crippen molar-refractivity contribution in [3.05, 3.63) is 57.2 Å². The second kappa shape index (κ2) is 8.68. The van der Waals surface area contributed by atoms with Gasteiger partial charge in [-0.15, -0.1) is 0 Å². The van der Waals surface area contributed by atoms with Crippen molar-refractivity contribution in [3.63, 3.8) is 0 Å². The summed E-state index contributed by atoms with van der Waals surface area (Å²) in [6, 6.07) is 8.67. The summed E-state index contributed by atoms with van der Waals surface area (Å²) in [7, 11) is 0. The molecule has 5 nitrogen and oxygen atoms in total. The first-order valence-corrected chi connectivity index (χ1v) is 10.0. The molecule has 1 aliphatic rings. The SMILES string of the molecule is CC(OC(=O)C1(c2ccc(Cl)cc2)CCCC1)C(=O)Nc1ncc(Cl)cc1Cl. The van der Waals surface area contributed by atoms with Crippen molar-refractivity contribution in [1.29, 1.82) is 0 Å². The third-order valence-electron chi connectivity index (χ3n) is 4.95. The Balaban J connectivity index is 1.72. The molecule has 1 unspecified atom stereocenters. The molecule has 0 spiro atoms. The lowest BCUT2D eigenvalue weighted by molar-refractivity contribution is -0.159. The number of ether oxygens (including phenoxy) is 1. The van der Waals surface area contributed by atoms with Gasteiger partial charge in [-0.05, 0) is 43.5 Å². The Hall–Kier alpha value is -1.82. The van der Waals surface area contributed by atoms with Gasteiger partial charge in [0.05, 0.1) is 15.5 Å². The molecule has 2 aromatic rings. The molecule has 8 heteroatoms. The van der Waals surface area contributed by atoms with E-state index in [0.29, 0.717) is 22.9 Å². The third kappa shape index (κ3) is 4.43. The fourth-order valence-electron chi connectivity index (χ4n) is 3.41. The van der Waals surface area contributed by atoms with Crippen molar-refractivity contribution in [2.45, 2.75) is 44.1 Å². The van der Waals surface area contributed by atoms with E-state index in [1.165, 1.54) is 19.2 Å². The van der Waals surface area contributed by atoms with Gasteiger partial charge in [-0.2, -0.15) is 0 Å². The number of amides is 1. The van der Waals surface area contributed by atoms with Crippen LogP contribution in [0.2, 0.25) is 15.1 Å². The fourth-order valence-corrected chi connectivity index (χ4v) is 3.96. The Morgan fingerprint density at radius 2 is 1.75 bits per heavy atom. The number of esters is 1. The number of benzene rings is 1. The summed E-state index contributed by atoms with van der Waals surface area (Å²) in [6.45, 7) is 1.52. The van der Waals surface area contributed by atoms with Crippen LogP contribution in [-0.4, -0.2) is 23.0 Å². The minimum absolute atomic E-state index is 0.159. The molecule has 1 aromatic carbocycles. The lowest BCUT2D eigenvalue weighted by Crippen LogP contribution is -2.40. The molecule has 1 N–H and O–H groups in total. The van der Waals surface area contributed by atoms with Gasteiger partial charge in [0.1, 0.15) is 0 Å². The highest BCUT2D eigenvalue weighted by molar-refractivity contribution is 6.36. The lowest BCUT2D eigenvalue weighted by atomic mass is 9.79. The van der Waals surface area contributed by atoms with Gasteiger partial charge in [0.25, 0.3) is 5.91 Å². The zero-order valence-corrected chi connectivity index (χ0v) is 17.4. The largest absolute Gasteiger partial charge is 0.452 e. The highest BCUT2D eigenvalue weighted by Gasteiger charge is 2.45. The Morgan fingerprint density at radius 3 is 2.36 bits per heavy atom. The average Bonchev–Trinajstić information content (AvgIpc) is 3.15. The highest BCUT2D eigenvalue weighted by atomic mass is 35.5. The van der Waals surface area contributed by atoms with Crippen LogP contribution in [0.4, 0.5) is 5.82 Å². The van der Waals surface area contributed by atoms with Gasteiger partial charge in [-0.1, -0.05) is 59.8 Å². The number of carbonyl (C=O) groups is 2. The standard InChI is InChI=1S/C20H19Cl3N2O3/c1-12(18(26)25-17-16(23)10-15(22)11-24-17)28-19(27)20(8-2-3-9-20)13-4-6-14(21)7-5-13/h4-7,10-12H,2-3,8-9H2,1H3,(H,24,25,26). The third-order valence-corrected chi connectivity index (χ3v) is 5.69. The molecule has 1 amide bonds. The highest BCUT2D eigenvalue weighted by Crippen LogP contribution is 2.42. The summed E-state index contributed by atoms with van der Waals surface area (Å²) in [4.78, 5) is 29.5. The van der Waals surface area contributed by atoms with Crippen molar-refractivity contribution in [1.82, 2.24) is 4.98 Å². The second-order valence-corrected chi connectivity index (χ2v) is 8.10. The number of nitrogens with zero attached hydrogens (tertiary/aromatic N) is 1. The summed E-state index contributed by atoms with van der Waals surface area (Å²) in [5.74, 6) is -0.772. The van der Waals surface area contributed by atoms with Crippen molar-refractivity contribution < 1.29 is 14.3 Å². The summed E-state index contributed by atoms with van der Waals surface area (Å²) in [5, 5.41) is 3.72. The van der Waals surface area contributed by atoms with Gasteiger partial charge in [0, 0.05) is 11.2 Å². The van der Waals surface area contributed by atoms with E-state index in [0.717, 1.165) is 18.4 Å². The zero-order chi connectivity index (χ0) is 20.3. The van der Waals surface area contributed by atoms with E-state index in [-0.39, 0.29) is 10.8 Å². The number of pyridine rings is 1. The Labute approximate surface area is 178 Å². The van der Waals surface area contributed by atoms with Crippen LogP contribution in [0.5, 0.6) is 0 Å². The van der Waals surface area contributed by atoms with Crippen LogP contribution >= 0.6 is 34.8 Å². The van der Waals surface area contributed by atoms with Crippen LogP contribution in [0.25, 0.3) is 0 Å². The van der Waals surface area contributed by atoms with Gasteiger partial charge >= 0.3 is 5.97 Å². The minimum Gasteiger partial charge on any atom is -0.452 e. The Morgan fingerprint density at radius 1 is 1.11 bits per heavy atom. The zero-order valence-electron chi connectivity index (χ0n) is 15.2. The molecule has 1 aromatic heterocycles. The molecular formula is C20H19Cl3N2O3. The van der Waals surface area contributed by atoms with E-state index in [1.54, 1.807) is 12.1 Å². The van der Waals surface area contributed by atoms with Gasteiger partial charge < -0.3 is 10.1 Å². The number of nitrogens with one attached hydrogen (secondary N) is 1. The van der Waals surface area contributed by atoms with Gasteiger partial charge in [0.15, 0.2) is 11.9 Å². The average molecular weight is 442 g/mol. The molecule has 1 aliphatic carbocycles. The smallest absolute Gasteiger partial charge is 0.317 e. The van der Waals surface area contributed by atoms with Crippen LogP contribution in [0, 0.1) is 0 Å². The maximum absolute atomic E-state index is 13.0. The fraction of sp³-hybridized carbons (Fsp3) is 0.350. The van der Waals surface area contributed by atoms with Crippen LogP contribution in [0.15, 0.2) is 36.5 Å². The monoisotopic (exact) mass is 440 g/mol. The van der Waals surface area contributed by atoms with E-state index >= 15 is 0 Å². The first kappa shape index (κ1) is 20.9. The van der Waals surface area contributed by atoms with Crippen LogP contribution in [0.1, 0.15) is 38.2 Å². The first-order valence-electron chi connectivity index (χ1n) is 8.91. The van der Waals surface area contributed by atoms with E-state index < -0.39 is 23.4 Å². The van der Waals surface area contributed by atoms with Crippen LogP contribution in [-0.2, 0) is 19.7 Å². The first-order chi connectivity index (χ1) is 13.3. The molecule has 28 heavy (non-hydrogen) atoms. The van der Waals surface area contributed by atoms with Crippen molar-refractivity contribution in [2.24, 2.45) is 0 Å². The summed E-state index contributed by atoms with van der Waals surface area (Å²) >= 11 is 17.8. The second-order valence-electron chi connectivity index (χ2n) is 6.82. The van der Waals surface area contributed by atoms with E-state index in [9.17, 15) is 9.59 Å². The number of aromatic nitrogens is 1. The molecule has 1 saturated carbocycles. The predicted molar refractivity (Wildman–Crippen MR) is 110 cm³/mol. The molecule has 0 bridgehead atoms. The van der Waals surface area contributed by atoms with Crippen LogP contribution in [0.3, 0.4) is 0 Å². The molecule has 0 saturated heterocycles. The number of anilines is 1. The molecule has 148 valence electrons. The van der Waals surface area contributed by atoms with E-state index in [1.807, 2.05) is 12.1 Å². The molecular weight excluding hydrogens is 423 g/mol. The molecule has 1 atom stereocenters. The summed E-state index contributed by atoms with van der Waals surface area (Å²) < 4.78 is 5.54. The van der Waals surface area contributed by atoms with Crippen molar-refractivity contribution in [2.75, 3.05) is 5.32 Å². The minimum atomic E-state index is -1.01. The van der Waals surface area contributed by atoms with Gasteiger partial charge in [-0.3, -0.25) is 9.59 Å². The molecule has 0 aliphatic heterocycles. The summed E-state index contributed by atoms with van der Waals surface area (Å²) in [5.41, 5.74) is 0.101. The quantitative estimate of drug-likeness (QED) is 0.629. The lowest BCUT2D eigenvalue weighted by Gasteiger charge is -2.28.